The molecule has 0 amide bonds. The van der Waals surface area contributed by atoms with Gasteiger partial charge in [0.05, 0.1) is 0 Å². The molecule has 13 heavy (non-hydrogen) atoms. The van der Waals surface area contributed by atoms with Crippen LogP contribution in [-0.4, -0.2) is 49.0 Å². The molecule has 0 radical (unpaired) electrons. The van der Waals surface area contributed by atoms with Gasteiger partial charge in [0.15, 0.2) is 0 Å². The minimum absolute atomic E-state index is 0.456. The molecule has 1 saturated heterocycles. The van der Waals surface area contributed by atoms with Crippen LogP contribution in [0.4, 0.5) is 0 Å². The van der Waals surface area contributed by atoms with Gasteiger partial charge in [0, 0.05) is 19.1 Å². The highest BCUT2D eigenvalue weighted by Gasteiger charge is 2.21. The van der Waals surface area contributed by atoms with E-state index in [2.05, 4.69) is 24.1 Å². The largest absolute Gasteiger partial charge is 0.368 e. The van der Waals surface area contributed by atoms with Gasteiger partial charge in [0.1, 0.15) is 0 Å². The quantitative estimate of drug-likeness (QED) is 0.243. The van der Waals surface area contributed by atoms with Gasteiger partial charge in [-0.25, -0.2) is 0 Å². The Balaban J connectivity index is 2.39. The minimum Gasteiger partial charge on any atom is -0.368 e. The van der Waals surface area contributed by atoms with E-state index in [1.54, 1.807) is 0 Å². The Hall–Kier alpha value is -0.970. The lowest BCUT2D eigenvalue weighted by Crippen LogP contribution is -2.47. The molecule has 0 aromatic heterocycles. The highest BCUT2D eigenvalue weighted by atomic mass is 15.3. The molecule has 1 fully saturated rings. The zero-order chi connectivity index (χ0) is 9.84. The third kappa shape index (κ3) is 2.48. The molecule has 0 aliphatic carbocycles. The lowest BCUT2D eigenvalue weighted by molar-refractivity contribution is 0.190. The molecule has 0 unspecified atom stereocenters. The maximum Gasteiger partial charge on any atom is 0.213 e. The van der Waals surface area contributed by atoms with Crippen molar-refractivity contribution >= 4 is 5.96 Å². The fourth-order valence-electron chi connectivity index (χ4n) is 1.69. The summed E-state index contributed by atoms with van der Waals surface area (Å²) in [4.78, 5) is 4.28. The molecule has 1 aliphatic heterocycles. The first-order valence-corrected chi connectivity index (χ1v) is 4.60. The molecule has 5 heteroatoms. The molecule has 76 valence electrons. The van der Waals surface area contributed by atoms with E-state index in [0.717, 1.165) is 25.9 Å². The van der Waals surface area contributed by atoms with Crippen LogP contribution in [0.3, 0.4) is 0 Å². The van der Waals surface area contributed by atoms with E-state index in [1.807, 2.05) is 4.90 Å². The lowest BCUT2D eigenvalue weighted by atomic mass is 10.0. The first-order chi connectivity index (χ1) is 6.15. The normalized spacial score (nSPS) is 21.2. The smallest absolute Gasteiger partial charge is 0.213 e. The van der Waals surface area contributed by atoms with Crippen molar-refractivity contribution in [3.05, 3.63) is 0 Å². The molecular weight excluding hydrogens is 166 g/mol. The van der Waals surface area contributed by atoms with Crippen LogP contribution in [-0.2, 0) is 0 Å². The molecule has 4 N–H and O–H groups in total. The monoisotopic (exact) mass is 185 g/mol. The summed E-state index contributed by atoms with van der Waals surface area (Å²) in [5.41, 5.74) is 5.61. The summed E-state index contributed by atoms with van der Waals surface area (Å²) in [6.07, 6.45) is 2.26. The van der Waals surface area contributed by atoms with Crippen molar-refractivity contribution in [1.82, 2.24) is 9.80 Å². The van der Waals surface area contributed by atoms with Crippen molar-refractivity contribution in [2.24, 2.45) is 16.7 Å². The zero-order valence-corrected chi connectivity index (χ0v) is 8.40. The van der Waals surface area contributed by atoms with Crippen molar-refractivity contribution < 1.29 is 0 Å². The van der Waals surface area contributed by atoms with Gasteiger partial charge < -0.3 is 21.4 Å². The van der Waals surface area contributed by atoms with Crippen LogP contribution < -0.4 is 11.6 Å². The number of hydrogen-bond acceptors (Lipinski definition) is 3. The number of likely N-dealkylation sites (tertiary alicyclic amines) is 1. The topological polar surface area (TPSA) is 70.9 Å². The highest BCUT2D eigenvalue weighted by molar-refractivity contribution is 5.77. The van der Waals surface area contributed by atoms with Gasteiger partial charge >= 0.3 is 0 Å². The standard InChI is InChI=1S/C8H19N5/c1-12(2)7-3-5-13(6-4-7)8(9)11-10/h7H,3-6,10H2,1-2H3,(H2,9,11). The third-order valence-electron chi connectivity index (χ3n) is 2.65. The van der Waals surface area contributed by atoms with Gasteiger partial charge in [-0.1, -0.05) is 0 Å². The molecular formula is C8H19N5. The number of nitrogens with zero attached hydrogens (tertiary/aromatic N) is 3. The van der Waals surface area contributed by atoms with Gasteiger partial charge in [-0.3, -0.25) is 0 Å². The molecule has 0 aromatic rings. The Morgan fingerprint density at radius 1 is 1.38 bits per heavy atom. The van der Waals surface area contributed by atoms with E-state index in [4.69, 9.17) is 11.6 Å². The van der Waals surface area contributed by atoms with E-state index in [1.165, 1.54) is 0 Å². The fraction of sp³-hybridized carbons (Fsp3) is 0.875. The van der Waals surface area contributed by atoms with Crippen LogP contribution in [0.2, 0.25) is 0 Å². The predicted octanol–water partition coefficient (Wildman–Crippen LogP) is -0.799. The van der Waals surface area contributed by atoms with Gasteiger partial charge in [-0.05, 0) is 26.9 Å². The van der Waals surface area contributed by atoms with Crippen LogP contribution in [0.5, 0.6) is 0 Å². The Bertz CT molecular complexity index is 181. The highest BCUT2D eigenvalue weighted by Crippen LogP contribution is 2.13. The first-order valence-electron chi connectivity index (χ1n) is 4.60. The number of guanidine groups is 1. The molecule has 0 bridgehead atoms. The van der Waals surface area contributed by atoms with Crippen LogP contribution >= 0.6 is 0 Å². The van der Waals surface area contributed by atoms with E-state index >= 15 is 0 Å². The molecule has 0 atom stereocenters. The summed E-state index contributed by atoms with van der Waals surface area (Å²) in [7, 11) is 4.22. The number of nitrogens with two attached hydrogens (primary N) is 2. The zero-order valence-electron chi connectivity index (χ0n) is 8.40. The SMILES string of the molecule is CN(C)C1CCN(C(N)=NN)CC1. The van der Waals surface area contributed by atoms with Crippen molar-refractivity contribution in [3.8, 4) is 0 Å². The van der Waals surface area contributed by atoms with Gasteiger partial charge in [-0.2, -0.15) is 0 Å². The summed E-state index contributed by atoms with van der Waals surface area (Å²) < 4.78 is 0. The summed E-state index contributed by atoms with van der Waals surface area (Å²) in [5.74, 6) is 5.56. The summed E-state index contributed by atoms with van der Waals surface area (Å²) in [5, 5.41) is 3.49. The Kier molecular flexibility index (Phi) is 3.36. The van der Waals surface area contributed by atoms with Crippen molar-refractivity contribution in [3.63, 3.8) is 0 Å². The third-order valence-corrected chi connectivity index (χ3v) is 2.65. The summed E-state index contributed by atoms with van der Waals surface area (Å²) >= 11 is 0. The fourth-order valence-corrected chi connectivity index (χ4v) is 1.69. The number of hydrazone groups is 1. The van der Waals surface area contributed by atoms with Crippen molar-refractivity contribution in [2.75, 3.05) is 27.2 Å². The van der Waals surface area contributed by atoms with E-state index < -0.39 is 0 Å². The second kappa shape index (κ2) is 4.32. The van der Waals surface area contributed by atoms with Crippen LogP contribution in [0.1, 0.15) is 12.8 Å². The summed E-state index contributed by atoms with van der Waals surface area (Å²) in [6.45, 7) is 1.91. The van der Waals surface area contributed by atoms with Crippen LogP contribution in [0.15, 0.2) is 5.10 Å². The average molecular weight is 185 g/mol. The predicted molar refractivity (Wildman–Crippen MR) is 54.1 cm³/mol. The maximum atomic E-state index is 5.61. The second-order valence-electron chi connectivity index (χ2n) is 3.67. The maximum absolute atomic E-state index is 5.61. The Labute approximate surface area is 79.4 Å². The molecule has 5 nitrogen and oxygen atoms in total. The minimum atomic E-state index is 0.456. The van der Waals surface area contributed by atoms with Crippen LogP contribution in [0.25, 0.3) is 0 Å². The van der Waals surface area contributed by atoms with Gasteiger partial charge in [0.2, 0.25) is 5.96 Å². The number of rotatable bonds is 1. The summed E-state index contributed by atoms with van der Waals surface area (Å²) in [6, 6.07) is 0.668. The molecule has 1 aliphatic rings. The average Bonchev–Trinajstić information content (AvgIpc) is 2.17. The number of piperidine rings is 1. The number of hydrogen-bond donors (Lipinski definition) is 2. The molecule has 1 rings (SSSR count). The van der Waals surface area contributed by atoms with E-state index in [0.29, 0.717) is 12.0 Å². The van der Waals surface area contributed by atoms with Crippen LogP contribution in [0, 0.1) is 0 Å². The van der Waals surface area contributed by atoms with Gasteiger partial charge in [0.25, 0.3) is 0 Å². The van der Waals surface area contributed by atoms with Crippen molar-refractivity contribution in [1.29, 1.82) is 0 Å². The molecule has 0 aromatic carbocycles. The molecule has 0 saturated carbocycles. The Morgan fingerprint density at radius 3 is 2.31 bits per heavy atom. The lowest BCUT2D eigenvalue weighted by Gasteiger charge is -2.35. The molecule has 1 heterocycles. The van der Waals surface area contributed by atoms with E-state index in [9.17, 15) is 0 Å². The Morgan fingerprint density at radius 2 is 1.92 bits per heavy atom. The van der Waals surface area contributed by atoms with E-state index in [-0.39, 0.29) is 0 Å². The molecule has 0 spiro atoms. The second-order valence-corrected chi connectivity index (χ2v) is 3.67. The first kappa shape index (κ1) is 10.1. The van der Waals surface area contributed by atoms with Gasteiger partial charge in [-0.15, -0.1) is 5.10 Å². The van der Waals surface area contributed by atoms with Crippen molar-refractivity contribution in [2.45, 2.75) is 18.9 Å².